The van der Waals surface area contributed by atoms with Gasteiger partial charge in [0.1, 0.15) is 5.82 Å². The van der Waals surface area contributed by atoms with E-state index in [2.05, 4.69) is 20.6 Å². The maximum atomic E-state index is 13.3. The lowest BCUT2D eigenvalue weighted by Crippen LogP contribution is -2.15. The Balaban J connectivity index is 1.73. The van der Waals surface area contributed by atoms with E-state index in [0.717, 1.165) is 6.07 Å². The van der Waals surface area contributed by atoms with Crippen molar-refractivity contribution in [1.82, 2.24) is 19.8 Å². The van der Waals surface area contributed by atoms with E-state index in [9.17, 15) is 26.3 Å². The van der Waals surface area contributed by atoms with E-state index >= 15 is 0 Å². The molecule has 0 spiro atoms. The van der Waals surface area contributed by atoms with Gasteiger partial charge in [0.2, 0.25) is 0 Å². The summed E-state index contributed by atoms with van der Waals surface area (Å²) in [5, 5.41) is 13.8. The van der Waals surface area contributed by atoms with Crippen molar-refractivity contribution in [3.8, 4) is 0 Å². The van der Waals surface area contributed by atoms with Gasteiger partial charge in [0.05, 0.1) is 11.6 Å². The Morgan fingerprint density at radius 3 is 2.20 bits per heavy atom. The Hall–Kier alpha value is -3.37. The second kappa shape index (κ2) is 6.85. The first kappa shape index (κ1) is 19.9. The van der Waals surface area contributed by atoms with Crippen molar-refractivity contribution in [1.29, 1.82) is 0 Å². The van der Waals surface area contributed by atoms with Crippen LogP contribution in [0.25, 0.3) is 16.4 Å². The molecule has 0 bridgehead atoms. The van der Waals surface area contributed by atoms with Crippen molar-refractivity contribution in [2.24, 2.45) is 0 Å². The van der Waals surface area contributed by atoms with Gasteiger partial charge in [0.15, 0.2) is 5.65 Å². The van der Waals surface area contributed by atoms with E-state index in [4.69, 9.17) is 0 Å². The smallest absolute Gasteiger partial charge is 0.362 e. The first-order valence-corrected chi connectivity index (χ1v) is 8.71. The third-order valence-corrected chi connectivity index (χ3v) is 4.61. The largest absolute Gasteiger partial charge is 0.453 e. The van der Waals surface area contributed by atoms with Crippen molar-refractivity contribution in [2.45, 2.75) is 25.3 Å². The van der Waals surface area contributed by atoms with Crippen LogP contribution in [-0.4, -0.2) is 19.8 Å². The second-order valence-corrected chi connectivity index (χ2v) is 6.62. The standard InChI is InChI=1S/C19H13F6N5/c1-10(11-6-7-14(18(20,21)22)13-5-3-2-4-12(11)13)26-15-8-9-16-27-28-17(19(23,24)25)30(16)29-15/h2-10H,1H3,(H,26,29). The van der Waals surface area contributed by atoms with Gasteiger partial charge in [-0.15, -0.1) is 15.3 Å². The molecule has 2 aromatic heterocycles. The Kier molecular flexibility index (Phi) is 4.55. The van der Waals surface area contributed by atoms with Crippen LogP contribution >= 0.6 is 0 Å². The summed E-state index contributed by atoms with van der Waals surface area (Å²) in [7, 11) is 0. The first-order valence-electron chi connectivity index (χ1n) is 8.71. The van der Waals surface area contributed by atoms with E-state index in [0.29, 0.717) is 15.5 Å². The molecule has 0 aliphatic rings. The minimum atomic E-state index is -4.74. The number of nitrogens with zero attached hydrogens (tertiary/aromatic N) is 4. The lowest BCUT2D eigenvalue weighted by atomic mass is 9.95. The van der Waals surface area contributed by atoms with Gasteiger partial charge in [0.25, 0.3) is 5.82 Å². The van der Waals surface area contributed by atoms with Crippen LogP contribution in [0.4, 0.5) is 32.2 Å². The summed E-state index contributed by atoms with van der Waals surface area (Å²) in [5.41, 5.74) is -0.297. The van der Waals surface area contributed by atoms with Crippen LogP contribution in [0.15, 0.2) is 48.5 Å². The molecule has 0 saturated heterocycles. The summed E-state index contributed by atoms with van der Waals surface area (Å²) in [6, 6.07) is 10.6. The number of hydrogen-bond donors (Lipinski definition) is 1. The third kappa shape index (κ3) is 3.51. The average molecular weight is 425 g/mol. The SMILES string of the molecule is CC(Nc1ccc2nnc(C(F)(F)F)n2n1)c1ccc(C(F)(F)F)c2ccccc12. The lowest BCUT2D eigenvalue weighted by Gasteiger charge is -2.19. The Labute approximate surface area is 165 Å². The number of anilines is 1. The molecule has 1 N–H and O–H groups in total. The number of benzene rings is 2. The maximum absolute atomic E-state index is 13.3. The Bertz CT molecular complexity index is 1230. The zero-order chi connectivity index (χ0) is 21.7. The Morgan fingerprint density at radius 1 is 0.833 bits per heavy atom. The van der Waals surface area contributed by atoms with Crippen LogP contribution in [-0.2, 0) is 12.4 Å². The monoisotopic (exact) mass is 425 g/mol. The van der Waals surface area contributed by atoms with E-state index in [1.807, 2.05) is 0 Å². The van der Waals surface area contributed by atoms with Gasteiger partial charge in [0, 0.05) is 0 Å². The highest BCUT2D eigenvalue weighted by Crippen LogP contribution is 2.37. The molecule has 30 heavy (non-hydrogen) atoms. The molecule has 0 fully saturated rings. The number of rotatable bonds is 3. The number of halogens is 6. The van der Waals surface area contributed by atoms with Gasteiger partial charge in [-0.25, -0.2) is 0 Å². The number of alkyl halides is 6. The molecule has 0 radical (unpaired) electrons. The summed E-state index contributed by atoms with van der Waals surface area (Å²) in [6.07, 6.45) is -9.25. The fourth-order valence-electron chi connectivity index (χ4n) is 3.29. The van der Waals surface area contributed by atoms with Gasteiger partial charge in [-0.1, -0.05) is 30.3 Å². The average Bonchev–Trinajstić information content (AvgIpc) is 3.10. The van der Waals surface area contributed by atoms with Crippen LogP contribution in [0, 0.1) is 0 Å². The number of nitrogens with one attached hydrogen (secondary N) is 1. The van der Waals surface area contributed by atoms with Gasteiger partial charge < -0.3 is 5.32 Å². The highest BCUT2D eigenvalue weighted by Gasteiger charge is 2.38. The van der Waals surface area contributed by atoms with E-state index in [1.54, 1.807) is 19.1 Å². The topological polar surface area (TPSA) is 55.1 Å². The first-order chi connectivity index (χ1) is 14.1. The van der Waals surface area contributed by atoms with E-state index < -0.39 is 29.8 Å². The Morgan fingerprint density at radius 2 is 1.53 bits per heavy atom. The quantitative estimate of drug-likeness (QED) is 0.441. The van der Waals surface area contributed by atoms with Crippen molar-refractivity contribution >= 4 is 22.2 Å². The van der Waals surface area contributed by atoms with Crippen LogP contribution in [0.1, 0.15) is 29.9 Å². The molecule has 0 amide bonds. The summed E-state index contributed by atoms with van der Waals surface area (Å²) in [5.74, 6) is -1.18. The minimum Gasteiger partial charge on any atom is -0.362 e. The number of fused-ring (bicyclic) bond motifs is 2. The minimum absolute atomic E-state index is 0.0396. The maximum Gasteiger partial charge on any atom is 0.453 e. The normalized spacial score (nSPS) is 13.7. The lowest BCUT2D eigenvalue weighted by molar-refractivity contribution is -0.146. The molecule has 2 heterocycles. The van der Waals surface area contributed by atoms with E-state index in [-0.39, 0.29) is 16.9 Å². The molecule has 4 aromatic rings. The molecular weight excluding hydrogens is 412 g/mol. The summed E-state index contributed by atoms with van der Waals surface area (Å²) in [6.45, 7) is 1.68. The van der Waals surface area contributed by atoms with Crippen LogP contribution in [0.5, 0.6) is 0 Å². The molecule has 5 nitrogen and oxygen atoms in total. The predicted octanol–water partition coefficient (Wildman–Crippen LogP) is 5.49. The third-order valence-electron chi connectivity index (χ3n) is 4.61. The van der Waals surface area contributed by atoms with Crippen LogP contribution < -0.4 is 5.32 Å². The zero-order valence-electron chi connectivity index (χ0n) is 15.3. The van der Waals surface area contributed by atoms with Crippen molar-refractivity contribution in [3.05, 3.63) is 65.5 Å². The molecule has 4 rings (SSSR count). The van der Waals surface area contributed by atoms with E-state index in [1.165, 1.54) is 30.3 Å². The van der Waals surface area contributed by atoms with Gasteiger partial charge in [-0.05, 0) is 41.5 Å². The van der Waals surface area contributed by atoms with Gasteiger partial charge in [-0.3, -0.25) is 0 Å². The fourth-order valence-corrected chi connectivity index (χ4v) is 3.29. The molecule has 1 unspecified atom stereocenters. The molecule has 0 aliphatic heterocycles. The summed E-state index contributed by atoms with van der Waals surface area (Å²) >= 11 is 0. The van der Waals surface area contributed by atoms with Crippen molar-refractivity contribution in [2.75, 3.05) is 5.32 Å². The van der Waals surface area contributed by atoms with Crippen molar-refractivity contribution in [3.63, 3.8) is 0 Å². The summed E-state index contributed by atoms with van der Waals surface area (Å²) < 4.78 is 79.7. The predicted molar refractivity (Wildman–Crippen MR) is 96.8 cm³/mol. The van der Waals surface area contributed by atoms with Crippen molar-refractivity contribution < 1.29 is 26.3 Å². The molecule has 1 atom stereocenters. The summed E-state index contributed by atoms with van der Waals surface area (Å²) in [4.78, 5) is 0. The molecule has 2 aromatic carbocycles. The molecule has 0 aliphatic carbocycles. The van der Waals surface area contributed by atoms with Crippen LogP contribution in [0.2, 0.25) is 0 Å². The number of hydrogen-bond acceptors (Lipinski definition) is 4. The highest BCUT2D eigenvalue weighted by atomic mass is 19.4. The second-order valence-electron chi connectivity index (χ2n) is 6.62. The van der Waals surface area contributed by atoms with Crippen LogP contribution in [0.3, 0.4) is 0 Å². The number of aromatic nitrogens is 4. The molecular formula is C19H13F6N5. The zero-order valence-corrected chi connectivity index (χ0v) is 15.3. The molecule has 156 valence electrons. The highest BCUT2D eigenvalue weighted by molar-refractivity contribution is 5.89. The van der Waals surface area contributed by atoms with Gasteiger partial charge in [-0.2, -0.15) is 30.9 Å². The van der Waals surface area contributed by atoms with Gasteiger partial charge >= 0.3 is 12.4 Å². The fraction of sp³-hybridized carbons (Fsp3) is 0.211. The molecule has 0 saturated carbocycles. The molecule has 11 heteroatoms.